The highest BCUT2D eigenvalue weighted by Crippen LogP contribution is 1.78. The minimum Gasteiger partial charge on any atom is -0.151 e. The molecule has 0 rings (SSSR count). The molecule has 4 nitrogen and oxygen atoms in total. The van der Waals surface area contributed by atoms with Gasteiger partial charge in [0.2, 0.25) is 0 Å². The second-order valence-electron chi connectivity index (χ2n) is 1.06. The second-order valence-corrected chi connectivity index (χ2v) is 1.06. The van der Waals surface area contributed by atoms with Gasteiger partial charge in [0.05, 0.1) is 13.1 Å². The van der Waals surface area contributed by atoms with Crippen molar-refractivity contribution in [2.24, 2.45) is 10.4 Å². The fourth-order valence-corrected chi connectivity index (χ4v) is 0.200. The van der Waals surface area contributed by atoms with E-state index in [9.17, 15) is 9.81 Å². The minimum atomic E-state index is 0.200. The number of rotatable bonds is 4. The third kappa shape index (κ3) is 5.20. The monoisotopic (exact) mass is 102 g/mol. The summed E-state index contributed by atoms with van der Waals surface area (Å²) < 4.78 is 0. The summed E-state index contributed by atoms with van der Waals surface area (Å²) in [6.07, 6.45) is 0.479. The number of hydrogen-bond donors (Lipinski definition) is 0. The second kappa shape index (κ2) is 5.20. The van der Waals surface area contributed by atoms with Crippen LogP contribution in [0.15, 0.2) is 10.4 Å². The molecule has 0 aliphatic rings. The molecule has 0 heterocycles. The zero-order chi connectivity index (χ0) is 5.54. The van der Waals surface area contributed by atoms with Gasteiger partial charge in [0, 0.05) is 0 Å². The van der Waals surface area contributed by atoms with Gasteiger partial charge in [-0.1, -0.05) is 10.4 Å². The summed E-state index contributed by atoms with van der Waals surface area (Å²) in [4.78, 5) is 18.6. The Labute approximate surface area is 40.9 Å². The van der Waals surface area contributed by atoms with Crippen molar-refractivity contribution < 1.29 is 0 Å². The van der Waals surface area contributed by atoms with Crippen LogP contribution in [0.2, 0.25) is 0 Å². The lowest BCUT2D eigenvalue weighted by Crippen LogP contribution is -1.81. The summed E-state index contributed by atoms with van der Waals surface area (Å²) in [6, 6.07) is 0. The molecule has 7 heavy (non-hydrogen) atoms. The fraction of sp³-hybridized carbons (Fsp3) is 1.00. The largest absolute Gasteiger partial charge is 0.151 e. The molecule has 0 saturated heterocycles. The van der Waals surface area contributed by atoms with Gasteiger partial charge in [-0.3, -0.25) is 0 Å². The van der Waals surface area contributed by atoms with E-state index in [4.69, 9.17) is 0 Å². The number of hydrogen-bond acceptors (Lipinski definition) is 4. The van der Waals surface area contributed by atoms with Crippen LogP contribution < -0.4 is 0 Å². The molecule has 0 unspecified atom stereocenters. The predicted molar refractivity (Wildman–Crippen MR) is 25.9 cm³/mol. The summed E-state index contributed by atoms with van der Waals surface area (Å²) in [5, 5.41) is 5.05. The van der Waals surface area contributed by atoms with E-state index in [1.54, 1.807) is 0 Å². The van der Waals surface area contributed by atoms with Crippen LogP contribution >= 0.6 is 0 Å². The fourth-order valence-electron chi connectivity index (χ4n) is 0.200. The third-order valence-corrected chi connectivity index (χ3v) is 0.499. The van der Waals surface area contributed by atoms with Crippen LogP contribution in [0.1, 0.15) is 6.42 Å². The highest BCUT2D eigenvalue weighted by molar-refractivity contribution is 4.44. The summed E-state index contributed by atoms with van der Waals surface area (Å²) in [6.45, 7) is 0.400. The Morgan fingerprint density at radius 1 is 1.00 bits per heavy atom. The van der Waals surface area contributed by atoms with Gasteiger partial charge in [-0.05, 0) is 6.42 Å². The molecular weight excluding hydrogens is 96.0 g/mol. The van der Waals surface area contributed by atoms with Crippen LogP contribution in [0.5, 0.6) is 0 Å². The van der Waals surface area contributed by atoms with Crippen LogP contribution in [-0.2, 0) is 0 Å². The van der Waals surface area contributed by atoms with Crippen molar-refractivity contribution in [1.82, 2.24) is 0 Å². The summed E-state index contributed by atoms with van der Waals surface area (Å²) in [5.74, 6) is 0. The van der Waals surface area contributed by atoms with Crippen molar-refractivity contribution in [2.75, 3.05) is 13.1 Å². The molecule has 40 valence electrons. The Bertz CT molecular complexity index is 56.0. The van der Waals surface area contributed by atoms with Crippen molar-refractivity contribution in [2.45, 2.75) is 6.42 Å². The zero-order valence-corrected chi connectivity index (χ0v) is 3.83. The quantitative estimate of drug-likeness (QED) is 0.391. The molecular formula is C3H6N2O2. The molecule has 0 saturated carbocycles. The number of nitroso groups, excluding NO2 is 2. The lowest BCUT2D eigenvalue weighted by Gasteiger charge is -1.77. The van der Waals surface area contributed by atoms with Crippen molar-refractivity contribution in [3.63, 3.8) is 0 Å². The molecule has 0 bridgehead atoms. The van der Waals surface area contributed by atoms with Gasteiger partial charge in [0.1, 0.15) is 0 Å². The molecule has 0 aliphatic carbocycles. The molecule has 4 heteroatoms. The Morgan fingerprint density at radius 2 is 1.43 bits per heavy atom. The van der Waals surface area contributed by atoms with Crippen LogP contribution in [-0.4, -0.2) is 13.1 Å². The lowest BCUT2D eigenvalue weighted by molar-refractivity contribution is 0.837. The van der Waals surface area contributed by atoms with Crippen molar-refractivity contribution in [1.29, 1.82) is 0 Å². The molecule has 0 N–H and O–H groups in total. The van der Waals surface area contributed by atoms with E-state index in [1.807, 2.05) is 0 Å². The van der Waals surface area contributed by atoms with Crippen LogP contribution in [0.4, 0.5) is 0 Å². The number of nitrogens with zero attached hydrogens (tertiary/aromatic N) is 2. The van der Waals surface area contributed by atoms with E-state index < -0.39 is 0 Å². The van der Waals surface area contributed by atoms with Gasteiger partial charge >= 0.3 is 0 Å². The maximum absolute atomic E-state index is 9.29. The van der Waals surface area contributed by atoms with E-state index in [-0.39, 0.29) is 13.1 Å². The summed E-state index contributed by atoms with van der Waals surface area (Å²) in [7, 11) is 0. The highest BCUT2D eigenvalue weighted by atomic mass is 16.3. The molecule has 0 radical (unpaired) electrons. The van der Waals surface area contributed by atoms with Gasteiger partial charge in [-0.2, -0.15) is 9.81 Å². The van der Waals surface area contributed by atoms with E-state index >= 15 is 0 Å². The van der Waals surface area contributed by atoms with Crippen molar-refractivity contribution in [3.8, 4) is 0 Å². The van der Waals surface area contributed by atoms with Gasteiger partial charge in [-0.15, -0.1) is 0 Å². The Kier molecular flexibility index (Phi) is 4.61. The van der Waals surface area contributed by atoms with Crippen molar-refractivity contribution in [3.05, 3.63) is 9.81 Å². The lowest BCUT2D eigenvalue weighted by atomic mass is 10.4. The van der Waals surface area contributed by atoms with Crippen LogP contribution in [0.3, 0.4) is 0 Å². The topological polar surface area (TPSA) is 58.9 Å². The molecule has 0 spiro atoms. The first-order valence-corrected chi connectivity index (χ1v) is 2.00. The first kappa shape index (κ1) is 6.20. The Balaban J connectivity index is 2.68. The Hall–Kier alpha value is -0.800. The van der Waals surface area contributed by atoms with Crippen molar-refractivity contribution >= 4 is 0 Å². The molecule has 0 atom stereocenters. The predicted octanol–water partition coefficient (Wildman–Crippen LogP) is 0.909. The molecule has 0 aromatic carbocycles. The minimum absolute atomic E-state index is 0.200. The molecule has 0 fully saturated rings. The average molecular weight is 102 g/mol. The Morgan fingerprint density at radius 3 is 1.71 bits per heavy atom. The van der Waals surface area contributed by atoms with E-state index in [2.05, 4.69) is 10.4 Å². The standard InChI is InChI=1S/C3H6N2O2/c6-4-2-1-3-5-7/h1-3H2. The zero-order valence-electron chi connectivity index (χ0n) is 3.83. The van der Waals surface area contributed by atoms with Gasteiger partial charge < -0.3 is 0 Å². The van der Waals surface area contributed by atoms with Gasteiger partial charge in [0.25, 0.3) is 0 Å². The molecule has 0 aromatic rings. The maximum Gasteiger partial charge on any atom is 0.0830 e. The average Bonchev–Trinajstić information content (AvgIpc) is 1.69. The normalized spacial score (nSPS) is 8.00. The molecule has 0 amide bonds. The van der Waals surface area contributed by atoms with Gasteiger partial charge in [0.15, 0.2) is 0 Å². The third-order valence-electron chi connectivity index (χ3n) is 0.499. The van der Waals surface area contributed by atoms with Gasteiger partial charge in [-0.25, -0.2) is 0 Å². The van der Waals surface area contributed by atoms with Crippen LogP contribution in [0.25, 0.3) is 0 Å². The highest BCUT2D eigenvalue weighted by Gasteiger charge is 1.81. The summed E-state index contributed by atoms with van der Waals surface area (Å²) in [5.41, 5.74) is 0. The smallest absolute Gasteiger partial charge is 0.0830 e. The van der Waals surface area contributed by atoms with E-state index in [0.717, 1.165) is 0 Å². The van der Waals surface area contributed by atoms with Crippen LogP contribution in [0, 0.1) is 9.81 Å². The summed E-state index contributed by atoms with van der Waals surface area (Å²) >= 11 is 0. The van der Waals surface area contributed by atoms with E-state index in [0.29, 0.717) is 6.42 Å². The molecule has 0 aromatic heterocycles. The maximum atomic E-state index is 9.29. The van der Waals surface area contributed by atoms with E-state index in [1.165, 1.54) is 0 Å². The SMILES string of the molecule is O=NCCCN=O. The first-order valence-electron chi connectivity index (χ1n) is 2.00. The molecule has 0 aliphatic heterocycles. The first-order chi connectivity index (χ1) is 3.41.